The third-order valence-electron chi connectivity index (χ3n) is 4.38. The highest BCUT2D eigenvalue weighted by Gasteiger charge is 2.39. The molecule has 1 aliphatic rings. The van der Waals surface area contributed by atoms with E-state index in [4.69, 9.17) is 0 Å². The lowest BCUT2D eigenvalue weighted by molar-refractivity contribution is -0.117. The highest BCUT2D eigenvalue weighted by molar-refractivity contribution is 7.22. The van der Waals surface area contributed by atoms with Gasteiger partial charge >= 0.3 is 0 Å². The van der Waals surface area contributed by atoms with E-state index in [1.54, 1.807) is 24.3 Å². The van der Waals surface area contributed by atoms with Crippen molar-refractivity contribution in [3.63, 3.8) is 0 Å². The Balaban J connectivity index is 1.42. The first kappa shape index (κ1) is 15.8. The summed E-state index contributed by atoms with van der Waals surface area (Å²) in [5.74, 6) is 0.438. The standard InChI is InChI=1S/C19H17N3O2S/c1-11-10-14(11)18(24)20-13-8-6-12(7-9-13)17(23)22-19-21-15-4-2-3-5-16(15)25-19/h2-9,11,14H,10H2,1H3,(H,20,24)(H,21,22,23). The first-order valence-electron chi connectivity index (χ1n) is 8.18. The Bertz CT molecular complexity index is 916. The molecular weight excluding hydrogens is 334 g/mol. The number of anilines is 2. The third-order valence-corrected chi connectivity index (χ3v) is 5.33. The number of carbonyl (C=O) groups excluding carboxylic acids is 2. The van der Waals surface area contributed by atoms with Gasteiger partial charge in [0, 0.05) is 17.2 Å². The lowest BCUT2D eigenvalue weighted by Crippen LogP contribution is -2.15. The van der Waals surface area contributed by atoms with Crippen LogP contribution in [0.25, 0.3) is 10.2 Å². The normalized spacial score (nSPS) is 18.8. The predicted octanol–water partition coefficient (Wildman–Crippen LogP) is 4.14. The number of carbonyl (C=O) groups is 2. The molecular formula is C19H17N3O2S. The topological polar surface area (TPSA) is 71.1 Å². The van der Waals surface area contributed by atoms with E-state index in [9.17, 15) is 9.59 Å². The van der Waals surface area contributed by atoms with Crippen LogP contribution in [0, 0.1) is 11.8 Å². The van der Waals surface area contributed by atoms with Gasteiger partial charge in [-0.15, -0.1) is 0 Å². The monoisotopic (exact) mass is 351 g/mol. The molecule has 0 radical (unpaired) electrons. The number of benzene rings is 2. The van der Waals surface area contributed by atoms with Crippen molar-refractivity contribution < 1.29 is 9.59 Å². The van der Waals surface area contributed by atoms with Crippen molar-refractivity contribution in [3.05, 3.63) is 54.1 Å². The van der Waals surface area contributed by atoms with Crippen LogP contribution in [0.2, 0.25) is 0 Å². The summed E-state index contributed by atoms with van der Waals surface area (Å²) in [5.41, 5.74) is 2.10. The van der Waals surface area contributed by atoms with E-state index in [0.717, 1.165) is 16.6 Å². The van der Waals surface area contributed by atoms with Crippen LogP contribution >= 0.6 is 11.3 Å². The van der Waals surface area contributed by atoms with Gasteiger partial charge in [0.05, 0.1) is 10.2 Å². The van der Waals surface area contributed by atoms with Crippen molar-refractivity contribution in [3.8, 4) is 0 Å². The zero-order valence-electron chi connectivity index (χ0n) is 13.7. The smallest absolute Gasteiger partial charge is 0.257 e. The molecule has 3 aromatic rings. The zero-order chi connectivity index (χ0) is 17.4. The molecule has 4 rings (SSSR count). The second-order valence-corrected chi connectivity index (χ2v) is 7.36. The Morgan fingerprint density at radius 2 is 1.80 bits per heavy atom. The van der Waals surface area contributed by atoms with Crippen LogP contribution in [0.5, 0.6) is 0 Å². The molecule has 1 heterocycles. The highest BCUT2D eigenvalue weighted by atomic mass is 32.1. The second-order valence-electron chi connectivity index (χ2n) is 6.33. The maximum absolute atomic E-state index is 12.4. The summed E-state index contributed by atoms with van der Waals surface area (Å²) in [7, 11) is 0. The fourth-order valence-corrected chi connectivity index (χ4v) is 3.58. The van der Waals surface area contributed by atoms with Gasteiger partial charge in [0.2, 0.25) is 5.91 Å². The molecule has 0 bridgehead atoms. The molecule has 2 aromatic carbocycles. The Labute approximate surface area is 149 Å². The number of thiazole rings is 1. The summed E-state index contributed by atoms with van der Waals surface area (Å²) >= 11 is 1.44. The Morgan fingerprint density at radius 3 is 2.48 bits per heavy atom. The molecule has 126 valence electrons. The van der Waals surface area contributed by atoms with E-state index in [1.165, 1.54) is 11.3 Å². The van der Waals surface area contributed by atoms with Gasteiger partial charge in [0.1, 0.15) is 0 Å². The number of aromatic nitrogens is 1. The lowest BCUT2D eigenvalue weighted by atomic mass is 10.2. The fourth-order valence-electron chi connectivity index (χ4n) is 2.72. The highest BCUT2D eigenvalue weighted by Crippen LogP contribution is 2.38. The third kappa shape index (κ3) is 3.39. The SMILES string of the molecule is CC1CC1C(=O)Nc1ccc(C(=O)Nc2nc3ccccc3s2)cc1. The summed E-state index contributed by atoms with van der Waals surface area (Å²) in [6.45, 7) is 2.07. The van der Waals surface area contributed by atoms with Gasteiger partial charge in [0.15, 0.2) is 5.13 Å². The van der Waals surface area contributed by atoms with Crippen molar-refractivity contribution in [2.45, 2.75) is 13.3 Å². The molecule has 25 heavy (non-hydrogen) atoms. The molecule has 0 aliphatic heterocycles. The number of para-hydroxylation sites is 1. The number of hydrogen-bond donors (Lipinski definition) is 2. The Kier molecular flexibility index (Phi) is 3.97. The van der Waals surface area contributed by atoms with Crippen LogP contribution in [-0.2, 0) is 4.79 Å². The maximum atomic E-state index is 12.4. The van der Waals surface area contributed by atoms with Crippen molar-refractivity contribution >= 4 is 44.2 Å². The zero-order valence-corrected chi connectivity index (χ0v) is 14.5. The average Bonchev–Trinajstić information content (AvgIpc) is 3.20. The van der Waals surface area contributed by atoms with Crippen LogP contribution in [-0.4, -0.2) is 16.8 Å². The van der Waals surface area contributed by atoms with Crippen LogP contribution in [0.15, 0.2) is 48.5 Å². The van der Waals surface area contributed by atoms with Gasteiger partial charge in [-0.2, -0.15) is 0 Å². The van der Waals surface area contributed by atoms with Gasteiger partial charge in [-0.1, -0.05) is 30.4 Å². The first-order valence-corrected chi connectivity index (χ1v) is 8.99. The summed E-state index contributed by atoms with van der Waals surface area (Å²) in [5, 5.41) is 6.29. The quantitative estimate of drug-likeness (QED) is 0.742. The minimum atomic E-state index is -0.215. The van der Waals surface area contributed by atoms with Crippen molar-refractivity contribution in [2.75, 3.05) is 10.6 Å². The van der Waals surface area contributed by atoms with E-state index < -0.39 is 0 Å². The molecule has 0 saturated heterocycles. The predicted molar refractivity (Wildman–Crippen MR) is 99.9 cm³/mol. The van der Waals surface area contributed by atoms with Crippen LogP contribution in [0.1, 0.15) is 23.7 Å². The summed E-state index contributed by atoms with van der Waals surface area (Å²) in [6.07, 6.45) is 0.953. The second kappa shape index (κ2) is 6.29. The molecule has 1 aromatic heterocycles. The van der Waals surface area contributed by atoms with Crippen LogP contribution < -0.4 is 10.6 Å². The van der Waals surface area contributed by atoms with Crippen molar-refractivity contribution in [1.82, 2.24) is 4.98 Å². The van der Waals surface area contributed by atoms with Gasteiger partial charge in [-0.05, 0) is 48.7 Å². The van der Waals surface area contributed by atoms with Crippen LogP contribution in [0.3, 0.4) is 0 Å². The molecule has 5 nitrogen and oxygen atoms in total. The van der Waals surface area contributed by atoms with Gasteiger partial charge in [-0.25, -0.2) is 4.98 Å². The molecule has 1 fully saturated rings. The molecule has 2 N–H and O–H groups in total. The molecule has 2 atom stereocenters. The van der Waals surface area contributed by atoms with E-state index in [-0.39, 0.29) is 17.7 Å². The van der Waals surface area contributed by atoms with E-state index in [2.05, 4.69) is 22.5 Å². The minimum Gasteiger partial charge on any atom is -0.326 e. The van der Waals surface area contributed by atoms with Crippen molar-refractivity contribution in [2.24, 2.45) is 11.8 Å². The van der Waals surface area contributed by atoms with Crippen molar-refractivity contribution in [1.29, 1.82) is 0 Å². The molecule has 0 spiro atoms. The van der Waals surface area contributed by atoms with Crippen LogP contribution in [0.4, 0.5) is 10.8 Å². The minimum absolute atomic E-state index is 0.0548. The largest absolute Gasteiger partial charge is 0.326 e. The summed E-state index contributed by atoms with van der Waals surface area (Å²) < 4.78 is 1.03. The molecule has 1 saturated carbocycles. The number of hydrogen-bond acceptors (Lipinski definition) is 4. The van der Waals surface area contributed by atoms with E-state index >= 15 is 0 Å². The van der Waals surface area contributed by atoms with E-state index in [0.29, 0.717) is 22.3 Å². The number of fused-ring (bicyclic) bond motifs is 1. The van der Waals surface area contributed by atoms with Gasteiger partial charge in [-0.3, -0.25) is 14.9 Å². The van der Waals surface area contributed by atoms with E-state index in [1.807, 2.05) is 24.3 Å². The maximum Gasteiger partial charge on any atom is 0.257 e. The molecule has 2 unspecified atom stereocenters. The van der Waals surface area contributed by atoms with Gasteiger partial charge < -0.3 is 5.32 Å². The first-order chi connectivity index (χ1) is 12.1. The molecule has 1 aliphatic carbocycles. The number of rotatable bonds is 4. The number of nitrogens with one attached hydrogen (secondary N) is 2. The summed E-state index contributed by atoms with van der Waals surface area (Å²) in [6, 6.07) is 14.7. The Hall–Kier alpha value is -2.73. The van der Waals surface area contributed by atoms with Gasteiger partial charge in [0.25, 0.3) is 5.91 Å². The fraction of sp³-hybridized carbons (Fsp3) is 0.211. The summed E-state index contributed by atoms with van der Waals surface area (Å²) in [4.78, 5) is 28.7. The number of nitrogens with zero attached hydrogens (tertiary/aromatic N) is 1. The average molecular weight is 351 g/mol. The molecule has 6 heteroatoms. The number of amides is 2. The Morgan fingerprint density at radius 1 is 1.08 bits per heavy atom. The lowest BCUT2D eigenvalue weighted by Gasteiger charge is -2.06. The molecule has 2 amide bonds.